The molecule has 0 aliphatic rings. The number of carbonyl (C=O) groups is 1. The second-order valence-electron chi connectivity index (χ2n) is 7.29. The lowest BCUT2D eigenvalue weighted by molar-refractivity contribution is -0.115. The number of benzene rings is 3. The Bertz CT molecular complexity index is 1240. The number of anilines is 3. The number of nitrogens with one attached hydrogen (secondary N) is 3. The molecule has 1 unspecified atom stereocenters. The van der Waals surface area contributed by atoms with Crippen molar-refractivity contribution in [1.29, 1.82) is 0 Å². The third-order valence-corrected chi connectivity index (χ3v) is 6.76. The molecule has 10 heteroatoms. The van der Waals surface area contributed by atoms with Crippen molar-refractivity contribution in [2.75, 3.05) is 16.0 Å². The topological polar surface area (TPSA) is 113 Å². The van der Waals surface area contributed by atoms with Crippen molar-refractivity contribution in [2.45, 2.75) is 28.9 Å². The number of hydrogen-bond acceptors (Lipinski definition) is 5. The van der Waals surface area contributed by atoms with Crippen LogP contribution in [0.1, 0.15) is 12.5 Å². The molecule has 0 fully saturated rings. The zero-order valence-corrected chi connectivity index (χ0v) is 20.5. The van der Waals surface area contributed by atoms with Gasteiger partial charge >= 0.3 is 0 Å². The monoisotopic (exact) mass is 500 g/mol. The van der Waals surface area contributed by atoms with E-state index in [1.807, 2.05) is 55.5 Å². The number of aryl methyl sites for hydroxylation is 1. The molecule has 0 aliphatic carbocycles. The molecule has 3 aromatic rings. The molecule has 7 nitrogen and oxygen atoms in total. The number of primary sulfonamides is 1. The van der Waals surface area contributed by atoms with Gasteiger partial charge in [0, 0.05) is 22.0 Å². The van der Waals surface area contributed by atoms with Gasteiger partial charge in [-0.3, -0.25) is 4.79 Å². The van der Waals surface area contributed by atoms with E-state index in [-0.39, 0.29) is 10.8 Å². The maximum Gasteiger partial charge on any atom is 0.238 e. The van der Waals surface area contributed by atoms with E-state index < -0.39 is 15.3 Å². The summed E-state index contributed by atoms with van der Waals surface area (Å²) in [6.45, 7) is 3.82. The van der Waals surface area contributed by atoms with Crippen LogP contribution in [0.5, 0.6) is 0 Å². The van der Waals surface area contributed by atoms with E-state index in [0.29, 0.717) is 10.8 Å². The smallest absolute Gasteiger partial charge is 0.238 e. The Labute approximate surface area is 203 Å². The van der Waals surface area contributed by atoms with Crippen LogP contribution in [0.2, 0.25) is 0 Å². The quantitative estimate of drug-likeness (QED) is 0.278. The number of amides is 1. The number of nitrogens with two attached hydrogens (primary N) is 1. The third kappa shape index (κ3) is 7.57. The first-order chi connectivity index (χ1) is 15.6. The molecule has 0 bridgehead atoms. The van der Waals surface area contributed by atoms with Crippen LogP contribution < -0.4 is 21.1 Å². The van der Waals surface area contributed by atoms with Crippen LogP contribution in [0.3, 0.4) is 0 Å². The predicted octanol–water partition coefficient (Wildman–Crippen LogP) is 4.57. The maximum atomic E-state index is 12.6. The number of thioether (sulfide) groups is 1. The van der Waals surface area contributed by atoms with Crippen LogP contribution in [-0.2, 0) is 14.8 Å². The van der Waals surface area contributed by atoms with Gasteiger partial charge in [0.15, 0.2) is 5.11 Å². The highest BCUT2D eigenvalue weighted by molar-refractivity contribution is 8.00. The minimum atomic E-state index is -3.77. The van der Waals surface area contributed by atoms with Crippen LogP contribution >= 0.6 is 24.0 Å². The van der Waals surface area contributed by atoms with Crippen molar-refractivity contribution >= 4 is 62.1 Å². The van der Waals surface area contributed by atoms with Crippen molar-refractivity contribution in [3.63, 3.8) is 0 Å². The fourth-order valence-electron chi connectivity index (χ4n) is 2.81. The molecule has 0 saturated carbocycles. The van der Waals surface area contributed by atoms with E-state index >= 15 is 0 Å². The van der Waals surface area contributed by atoms with E-state index in [4.69, 9.17) is 17.4 Å². The molecule has 0 aromatic heterocycles. The van der Waals surface area contributed by atoms with Gasteiger partial charge in [0.2, 0.25) is 15.9 Å². The molecule has 0 radical (unpaired) electrons. The Morgan fingerprint density at radius 1 is 0.909 bits per heavy atom. The van der Waals surface area contributed by atoms with Crippen LogP contribution in [0.4, 0.5) is 17.1 Å². The lowest BCUT2D eigenvalue weighted by atomic mass is 10.2. The molecular weight excluding hydrogens is 476 g/mol. The lowest BCUT2D eigenvalue weighted by Crippen LogP contribution is -2.22. The molecule has 0 heterocycles. The second-order valence-corrected chi connectivity index (χ2v) is 10.7. The Morgan fingerprint density at radius 3 is 2.12 bits per heavy atom. The van der Waals surface area contributed by atoms with Gasteiger partial charge in [0.1, 0.15) is 0 Å². The average molecular weight is 501 g/mol. The number of carbonyl (C=O) groups excluding carboxylic acids is 1. The van der Waals surface area contributed by atoms with E-state index in [0.717, 1.165) is 16.3 Å². The fraction of sp³-hybridized carbons (Fsp3) is 0.130. The van der Waals surface area contributed by atoms with Crippen molar-refractivity contribution in [3.8, 4) is 0 Å². The molecule has 0 saturated heterocycles. The predicted molar refractivity (Wildman–Crippen MR) is 139 cm³/mol. The minimum Gasteiger partial charge on any atom is -0.332 e. The SMILES string of the molecule is Cc1ccc(NC(=S)Nc2cccc(SC(C)C(=O)Nc3ccc(S(N)(=O)=O)cc3)c2)cc1. The van der Waals surface area contributed by atoms with Crippen molar-refractivity contribution in [1.82, 2.24) is 0 Å². The van der Waals surface area contributed by atoms with Gasteiger partial charge in [0.05, 0.1) is 10.1 Å². The van der Waals surface area contributed by atoms with Crippen LogP contribution in [0, 0.1) is 6.92 Å². The Kier molecular flexibility index (Phi) is 8.09. The molecule has 33 heavy (non-hydrogen) atoms. The summed E-state index contributed by atoms with van der Waals surface area (Å²) in [7, 11) is -3.77. The van der Waals surface area contributed by atoms with Gasteiger partial charge in [-0.25, -0.2) is 13.6 Å². The molecule has 3 aromatic carbocycles. The molecular formula is C23H24N4O3S3. The molecule has 3 rings (SSSR count). The van der Waals surface area contributed by atoms with Gasteiger partial charge in [-0.15, -0.1) is 11.8 Å². The van der Waals surface area contributed by atoms with Gasteiger partial charge in [-0.2, -0.15) is 0 Å². The fourth-order valence-corrected chi connectivity index (χ4v) is 4.48. The standard InChI is InChI=1S/C23H24N4O3S3/c1-15-6-8-18(9-7-15)26-23(31)27-19-4-3-5-20(14-19)32-16(2)22(28)25-17-10-12-21(13-11-17)33(24,29)30/h3-14,16H,1-2H3,(H,25,28)(H2,24,29,30)(H2,26,27,31). The van der Waals surface area contributed by atoms with Gasteiger partial charge < -0.3 is 16.0 Å². The van der Waals surface area contributed by atoms with Crippen molar-refractivity contribution < 1.29 is 13.2 Å². The molecule has 5 N–H and O–H groups in total. The number of sulfonamides is 1. The highest BCUT2D eigenvalue weighted by Gasteiger charge is 2.16. The lowest BCUT2D eigenvalue weighted by Gasteiger charge is -2.14. The van der Waals surface area contributed by atoms with E-state index in [1.165, 1.54) is 41.6 Å². The average Bonchev–Trinajstić information content (AvgIpc) is 2.75. The maximum absolute atomic E-state index is 12.6. The summed E-state index contributed by atoms with van der Waals surface area (Å²) < 4.78 is 22.7. The largest absolute Gasteiger partial charge is 0.332 e. The second kappa shape index (κ2) is 10.8. The molecule has 1 amide bonds. The Morgan fingerprint density at radius 2 is 1.48 bits per heavy atom. The highest BCUT2D eigenvalue weighted by atomic mass is 32.2. The Balaban J connectivity index is 1.56. The molecule has 0 aliphatic heterocycles. The molecule has 0 spiro atoms. The summed E-state index contributed by atoms with van der Waals surface area (Å²) in [6, 6.07) is 21.2. The number of rotatable bonds is 7. The zero-order valence-electron chi connectivity index (χ0n) is 18.0. The molecule has 1 atom stereocenters. The minimum absolute atomic E-state index is 0.0120. The first kappa shape index (κ1) is 24.7. The Hall–Kier alpha value is -2.92. The van der Waals surface area contributed by atoms with Crippen LogP contribution in [0.15, 0.2) is 82.6 Å². The number of hydrogen-bond donors (Lipinski definition) is 4. The first-order valence-electron chi connectivity index (χ1n) is 9.95. The summed E-state index contributed by atoms with van der Waals surface area (Å²) in [5.41, 5.74) is 3.35. The summed E-state index contributed by atoms with van der Waals surface area (Å²) in [4.78, 5) is 13.4. The summed E-state index contributed by atoms with van der Waals surface area (Å²) in [6.07, 6.45) is 0. The van der Waals surface area contributed by atoms with Gasteiger partial charge in [-0.05, 0) is 80.7 Å². The van der Waals surface area contributed by atoms with Gasteiger partial charge in [-0.1, -0.05) is 23.8 Å². The van der Waals surface area contributed by atoms with Gasteiger partial charge in [0.25, 0.3) is 0 Å². The normalized spacial score (nSPS) is 12.0. The summed E-state index contributed by atoms with van der Waals surface area (Å²) in [5, 5.41) is 14.2. The van der Waals surface area contributed by atoms with Crippen LogP contribution in [0.25, 0.3) is 0 Å². The summed E-state index contributed by atoms with van der Waals surface area (Å²) in [5.74, 6) is -0.210. The van der Waals surface area contributed by atoms with Crippen molar-refractivity contribution in [3.05, 3.63) is 78.4 Å². The van der Waals surface area contributed by atoms with Crippen LogP contribution in [-0.4, -0.2) is 24.7 Å². The first-order valence-corrected chi connectivity index (χ1v) is 12.8. The van der Waals surface area contributed by atoms with E-state index in [1.54, 1.807) is 6.92 Å². The van der Waals surface area contributed by atoms with Crippen molar-refractivity contribution in [2.24, 2.45) is 5.14 Å². The third-order valence-electron chi connectivity index (χ3n) is 4.53. The highest BCUT2D eigenvalue weighted by Crippen LogP contribution is 2.27. The van der Waals surface area contributed by atoms with E-state index in [2.05, 4.69) is 16.0 Å². The zero-order chi connectivity index (χ0) is 24.0. The van der Waals surface area contributed by atoms with E-state index in [9.17, 15) is 13.2 Å². The summed E-state index contributed by atoms with van der Waals surface area (Å²) >= 11 is 6.78. The number of thiocarbonyl (C=S) groups is 1. The molecule has 172 valence electrons.